The van der Waals surface area contributed by atoms with E-state index in [0.717, 1.165) is 18.0 Å². The first kappa shape index (κ1) is 13.3. The van der Waals surface area contributed by atoms with Gasteiger partial charge in [0.2, 0.25) is 0 Å². The number of nitrogens with zero attached hydrogens (tertiary/aromatic N) is 4. The van der Waals surface area contributed by atoms with Crippen LogP contribution in [0.4, 0.5) is 19.0 Å². The molecule has 0 aliphatic heterocycles. The molecule has 0 atom stereocenters. The van der Waals surface area contributed by atoms with Gasteiger partial charge < -0.3 is 4.90 Å². The summed E-state index contributed by atoms with van der Waals surface area (Å²) in [6, 6.07) is 4.54. The summed E-state index contributed by atoms with van der Waals surface area (Å²) in [6.45, 7) is 0.419. The van der Waals surface area contributed by atoms with Gasteiger partial charge >= 0.3 is 6.18 Å². The van der Waals surface area contributed by atoms with Crippen LogP contribution in [0.15, 0.2) is 36.9 Å². The number of hydrogen-bond acceptors (Lipinski definition) is 4. The van der Waals surface area contributed by atoms with Crippen LogP contribution in [0.5, 0.6) is 0 Å². The lowest BCUT2D eigenvalue weighted by atomic mass is 10.2. The van der Waals surface area contributed by atoms with Crippen molar-refractivity contribution in [3.63, 3.8) is 0 Å². The Morgan fingerprint density at radius 2 is 2.05 bits per heavy atom. The number of alkyl halides is 3. The fraction of sp³-hybridized carbons (Fsp3) is 0.250. The van der Waals surface area contributed by atoms with E-state index in [9.17, 15) is 13.2 Å². The first-order chi connectivity index (χ1) is 8.97. The highest BCUT2D eigenvalue weighted by Gasteiger charge is 2.33. The Morgan fingerprint density at radius 3 is 2.68 bits per heavy atom. The second-order valence-electron chi connectivity index (χ2n) is 3.98. The molecule has 0 aromatic carbocycles. The number of rotatable bonds is 3. The average Bonchev–Trinajstić information content (AvgIpc) is 2.39. The summed E-state index contributed by atoms with van der Waals surface area (Å²) in [7, 11) is 1.66. The predicted octanol–water partition coefficient (Wildman–Crippen LogP) is 2.53. The topological polar surface area (TPSA) is 41.9 Å². The highest BCUT2D eigenvalue weighted by molar-refractivity contribution is 5.39. The third-order valence-corrected chi connectivity index (χ3v) is 2.48. The van der Waals surface area contributed by atoms with Gasteiger partial charge in [-0.2, -0.15) is 13.2 Å². The van der Waals surface area contributed by atoms with E-state index in [4.69, 9.17) is 0 Å². The summed E-state index contributed by atoms with van der Waals surface area (Å²) in [5.41, 5.74) is -0.0623. The van der Waals surface area contributed by atoms with E-state index in [1.165, 1.54) is 0 Å². The van der Waals surface area contributed by atoms with Crippen LogP contribution in [0.2, 0.25) is 0 Å². The maximum Gasteiger partial charge on any atom is 0.433 e. The maximum atomic E-state index is 12.5. The van der Waals surface area contributed by atoms with Gasteiger partial charge in [0.25, 0.3) is 0 Å². The smallest absolute Gasteiger partial charge is 0.355 e. The summed E-state index contributed by atoms with van der Waals surface area (Å²) in [5, 5.41) is 0. The van der Waals surface area contributed by atoms with Crippen molar-refractivity contribution in [3.8, 4) is 0 Å². The van der Waals surface area contributed by atoms with Crippen molar-refractivity contribution in [2.45, 2.75) is 12.7 Å². The normalized spacial score (nSPS) is 11.4. The molecule has 100 valence electrons. The molecule has 2 heterocycles. The number of aromatic nitrogens is 3. The van der Waals surface area contributed by atoms with Crippen molar-refractivity contribution in [2.75, 3.05) is 11.9 Å². The van der Waals surface area contributed by atoms with Crippen molar-refractivity contribution in [2.24, 2.45) is 0 Å². The van der Waals surface area contributed by atoms with E-state index < -0.39 is 11.9 Å². The summed E-state index contributed by atoms with van der Waals surface area (Å²) in [6.07, 6.45) is -0.261. The largest absolute Gasteiger partial charge is 0.433 e. The van der Waals surface area contributed by atoms with Crippen LogP contribution < -0.4 is 4.90 Å². The molecule has 0 amide bonds. The standard InChI is InChI=1S/C12H11F3N4/c1-19(7-9-3-2-4-16-6-9)11-5-10(12(13,14)15)17-8-18-11/h2-6,8H,7H2,1H3. The highest BCUT2D eigenvalue weighted by Crippen LogP contribution is 2.28. The molecule has 0 N–H and O–H groups in total. The molecular formula is C12H11F3N4. The van der Waals surface area contributed by atoms with Gasteiger partial charge in [0.05, 0.1) is 0 Å². The minimum atomic E-state index is -4.47. The van der Waals surface area contributed by atoms with Crippen molar-refractivity contribution < 1.29 is 13.2 Å². The molecule has 0 saturated heterocycles. The summed E-state index contributed by atoms with van der Waals surface area (Å²) >= 11 is 0. The van der Waals surface area contributed by atoms with E-state index in [-0.39, 0.29) is 5.82 Å². The number of anilines is 1. The zero-order valence-corrected chi connectivity index (χ0v) is 10.1. The molecule has 7 heteroatoms. The van der Waals surface area contributed by atoms with Gasteiger partial charge in [-0.3, -0.25) is 4.98 Å². The van der Waals surface area contributed by atoms with E-state index in [0.29, 0.717) is 6.54 Å². The Labute approximate surface area is 107 Å². The number of halogens is 3. The van der Waals surface area contributed by atoms with Crippen molar-refractivity contribution in [3.05, 3.63) is 48.2 Å². The fourth-order valence-electron chi connectivity index (χ4n) is 1.56. The van der Waals surface area contributed by atoms with Gasteiger partial charge in [-0.15, -0.1) is 0 Å². The van der Waals surface area contributed by atoms with Crippen LogP contribution in [0.1, 0.15) is 11.3 Å². The van der Waals surface area contributed by atoms with Crippen LogP contribution in [-0.4, -0.2) is 22.0 Å². The molecule has 0 aliphatic rings. The second-order valence-corrected chi connectivity index (χ2v) is 3.98. The summed E-state index contributed by atoms with van der Waals surface area (Å²) < 4.78 is 37.6. The Bertz CT molecular complexity index is 542. The van der Waals surface area contributed by atoms with Crippen LogP contribution in [0.25, 0.3) is 0 Å². The summed E-state index contributed by atoms with van der Waals surface area (Å²) in [4.78, 5) is 12.6. The SMILES string of the molecule is CN(Cc1cccnc1)c1cc(C(F)(F)F)ncn1. The van der Waals surface area contributed by atoms with Crippen molar-refractivity contribution >= 4 is 5.82 Å². The molecule has 2 rings (SSSR count). The van der Waals surface area contributed by atoms with Gasteiger partial charge in [0.15, 0.2) is 0 Å². The highest BCUT2D eigenvalue weighted by atomic mass is 19.4. The lowest BCUT2D eigenvalue weighted by Crippen LogP contribution is -2.19. The molecule has 0 bridgehead atoms. The molecule has 2 aromatic heterocycles. The molecule has 0 fully saturated rings. The maximum absolute atomic E-state index is 12.5. The molecule has 19 heavy (non-hydrogen) atoms. The van der Waals surface area contributed by atoms with E-state index in [1.807, 2.05) is 6.07 Å². The Morgan fingerprint density at radius 1 is 1.26 bits per heavy atom. The molecular weight excluding hydrogens is 257 g/mol. The van der Waals surface area contributed by atoms with Crippen LogP contribution >= 0.6 is 0 Å². The van der Waals surface area contributed by atoms with Crippen molar-refractivity contribution in [1.82, 2.24) is 15.0 Å². The predicted molar refractivity (Wildman–Crippen MR) is 63.4 cm³/mol. The molecule has 0 radical (unpaired) electrons. The van der Waals surface area contributed by atoms with Crippen LogP contribution in [-0.2, 0) is 12.7 Å². The minimum absolute atomic E-state index is 0.214. The van der Waals surface area contributed by atoms with Gasteiger partial charge in [-0.25, -0.2) is 9.97 Å². The molecule has 0 spiro atoms. The molecule has 2 aromatic rings. The number of pyridine rings is 1. The Kier molecular flexibility index (Phi) is 3.64. The minimum Gasteiger partial charge on any atom is -0.355 e. The molecule has 0 aliphatic carbocycles. The monoisotopic (exact) mass is 268 g/mol. The van der Waals surface area contributed by atoms with Gasteiger partial charge in [-0.05, 0) is 11.6 Å². The summed E-state index contributed by atoms with van der Waals surface area (Å²) in [5.74, 6) is 0.214. The van der Waals surface area contributed by atoms with Crippen LogP contribution in [0, 0.1) is 0 Å². The van der Waals surface area contributed by atoms with Crippen molar-refractivity contribution in [1.29, 1.82) is 0 Å². The van der Waals surface area contributed by atoms with Gasteiger partial charge in [0.1, 0.15) is 17.8 Å². The second kappa shape index (κ2) is 5.21. The van der Waals surface area contributed by atoms with E-state index in [2.05, 4.69) is 15.0 Å². The lowest BCUT2D eigenvalue weighted by molar-refractivity contribution is -0.141. The van der Waals surface area contributed by atoms with E-state index >= 15 is 0 Å². The molecule has 0 saturated carbocycles. The Hall–Kier alpha value is -2.18. The third kappa shape index (κ3) is 3.40. The third-order valence-electron chi connectivity index (χ3n) is 2.48. The Balaban J connectivity index is 2.18. The zero-order valence-electron chi connectivity index (χ0n) is 10.1. The molecule has 0 unspecified atom stereocenters. The van der Waals surface area contributed by atoms with Gasteiger partial charge in [-0.1, -0.05) is 6.07 Å². The molecule has 4 nitrogen and oxygen atoms in total. The van der Waals surface area contributed by atoms with Crippen LogP contribution in [0.3, 0.4) is 0 Å². The first-order valence-electron chi connectivity index (χ1n) is 5.46. The zero-order chi connectivity index (χ0) is 13.9. The van der Waals surface area contributed by atoms with E-state index in [1.54, 1.807) is 30.4 Å². The lowest BCUT2D eigenvalue weighted by Gasteiger charge is -2.18. The first-order valence-corrected chi connectivity index (χ1v) is 5.46. The quantitative estimate of drug-likeness (QED) is 0.857. The average molecular weight is 268 g/mol. The van der Waals surface area contributed by atoms with Gasteiger partial charge in [0, 0.05) is 32.1 Å². The number of hydrogen-bond donors (Lipinski definition) is 0. The fourth-order valence-corrected chi connectivity index (χ4v) is 1.56.